The minimum atomic E-state index is 0.304. The van der Waals surface area contributed by atoms with Crippen molar-refractivity contribution in [3.63, 3.8) is 0 Å². The number of ether oxygens (including phenoxy) is 1. The second kappa shape index (κ2) is 5.83. The lowest BCUT2D eigenvalue weighted by Crippen LogP contribution is -2.45. The number of rotatable bonds is 3. The SMILES string of the molecule is Cc1ccc(C(CN)N2CCOC(C)C2)c(C)c1. The molecule has 1 saturated heterocycles. The summed E-state index contributed by atoms with van der Waals surface area (Å²) in [5.41, 5.74) is 10.0. The van der Waals surface area contributed by atoms with E-state index >= 15 is 0 Å². The molecule has 0 saturated carbocycles. The van der Waals surface area contributed by atoms with Crippen LogP contribution in [0.25, 0.3) is 0 Å². The molecule has 2 unspecified atom stereocenters. The Hall–Kier alpha value is -0.900. The average molecular weight is 248 g/mol. The molecule has 1 fully saturated rings. The van der Waals surface area contributed by atoms with Crippen LogP contribution in [0.15, 0.2) is 18.2 Å². The van der Waals surface area contributed by atoms with E-state index in [-0.39, 0.29) is 0 Å². The third kappa shape index (κ3) is 2.91. The summed E-state index contributed by atoms with van der Waals surface area (Å²) in [6.45, 7) is 9.84. The van der Waals surface area contributed by atoms with Gasteiger partial charge in [0.05, 0.1) is 12.7 Å². The Labute approximate surface area is 110 Å². The maximum Gasteiger partial charge on any atom is 0.0674 e. The highest BCUT2D eigenvalue weighted by Crippen LogP contribution is 2.25. The van der Waals surface area contributed by atoms with Crippen LogP contribution in [0.3, 0.4) is 0 Å². The van der Waals surface area contributed by atoms with Gasteiger partial charge >= 0.3 is 0 Å². The Bertz CT molecular complexity index is 405. The van der Waals surface area contributed by atoms with E-state index in [1.165, 1.54) is 16.7 Å². The lowest BCUT2D eigenvalue weighted by molar-refractivity contribution is -0.0333. The van der Waals surface area contributed by atoms with Gasteiger partial charge in [-0.25, -0.2) is 0 Å². The highest BCUT2D eigenvalue weighted by Gasteiger charge is 2.25. The third-order valence-electron chi connectivity index (χ3n) is 3.72. The van der Waals surface area contributed by atoms with Crippen LogP contribution in [0.4, 0.5) is 0 Å². The van der Waals surface area contributed by atoms with Crippen molar-refractivity contribution in [2.24, 2.45) is 5.73 Å². The van der Waals surface area contributed by atoms with Gasteiger partial charge in [0, 0.05) is 25.7 Å². The Kier molecular flexibility index (Phi) is 4.38. The number of morpholine rings is 1. The summed E-state index contributed by atoms with van der Waals surface area (Å²) < 4.78 is 5.61. The summed E-state index contributed by atoms with van der Waals surface area (Å²) in [6, 6.07) is 6.95. The molecule has 2 N–H and O–H groups in total. The standard InChI is InChI=1S/C15H24N2O/c1-11-4-5-14(12(2)8-11)15(9-16)17-6-7-18-13(3)10-17/h4-5,8,13,15H,6-7,9-10,16H2,1-3H3. The second-order valence-corrected chi connectivity index (χ2v) is 5.29. The van der Waals surface area contributed by atoms with Crippen LogP contribution < -0.4 is 5.73 Å². The summed E-state index contributed by atoms with van der Waals surface area (Å²) in [5.74, 6) is 0. The predicted octanol–water partition coefficient (Wildman–Crippen LogP) is 2.02. The van der Waals surface area contributed by atoms with Crippen LogP contribution in [0.5, 0.6) is 0 Å². The molecular weight excluding hydrogens is 224 g/mol. The smallest absolute Gasteiger partial charge is 0.0674 e. The average Bonchev–Trinajstić information content (AvgIpc) is 2.33. The van der Waals surface area contributed by atoms with Gasteiger partial charge < -0.3 is 10.5 Å². The van der Waals surface area contributed by atoms with Crippen molar-refractivity contribution in [3.05, 3.63) is 34.9 Å². The van der Waals surface area contributed by atoms with E-state index in [9.17, 15) is 0 Å². The molecule has 2 atom stereocenters. The van der Waals surface area contributed by atoms with Gasteiger partial charge in [0.1, 0.15) is 0 Å². The van der Waals surface area contributed by atoms with Crippen LogP contribution in [0, 0.1) is 13.8 Å². The van der Waals surface area contributed by atoms with E-state index in [2.05, 4.69) is 43.9 Å². The molecule has 1 aromatic carbocycles. The molecule has 3 heteroatoms. The topological polar surface area (TPSA) is 38.5 Å². The van der Waals surface area contributed by atoms with Gasteiger partial charge in [-0.2, -0.15) is 0 Å². The lowest BCUT2D eigenvalue weighted by atomic mass is 9.97. The summed E-state index contributed by atoms with van der Waals surface area (Å²) in [7, 11) is 0. The fraction of sp³-hybridized carbons (Fsp3) is 0.600. The third-order valence-corrected chi connectivity index (χ3v) is 3.72. The molecule has 0 spiro atoms. The van der Waals surface area contributed by atoms with Gasteiger partial charge in [-0.05, 0) is 31.9 Å². The largest absolute Gasteiger partial charge is 0.376 e. The zero-order chi connectivity index (χ0) is 13.1. The van der Waals surface area contributed by atoms with Gasteiger partial charge in [-0.15, -0.1) is 0 Å². The molecule has 3 nitrogen and oxygen atoms in total. The minimum Gasteiger partial charge on any atom is -0.376 e. The number of hydrogen-bond donors (Lipinski definition) is 1. The van der Waals surface area contributed by atoms with Crippen LogP contribution in [-0.4, -0.2) is 37.2 Å². The van der Waals surface area contributed by atoms with E-state index in [1.807, 2.05) is 0 Å². The van der Waals surface area contributed by atoms with Crippen molar-refractivity contribution in [2.75, 3.05) is 26.2 Å². The predicted molar refractivity (Wildman–Crippen MR) is 74.7 cm³/mol. The Morgan fingerprint density at radius 1 is 1.44 bits per heavy atom. The van der Waals surface area contributed by atoms with Gasteiger partial charge in [0.15, 0.2) is 0 Å². The molecular formula is C15H24N2O. The van der Waals surface area contributed by atoms with E-state index in [0.29, 0.717) is 18.7 Å². The van der Waals surface area contributed by atoms with E-state index in [4.69, 9.17) is 10.5 Å². The number of nitrogens with zero attached hydrogens (tertiary/aromatic N) is 1. The molecule has 100 valence electrons. The van der Waals surface area contributed by atoms with E-state index in [1.54, 1.807) is 0 Å². The number of benzene rings is 1. The van der Waals surface area contributed by atoms with E-state index < -0.39 is 0 Å². The highest BCUT2D eigenvalue weighted by atomic mass is 16.5. The van der Waals surface area contributed by atoms with Crippen molar-refractivity contribution in [1.29, 1.82) is 0 Å². The summed E-state index contributed by atoms with van der Waals surface area (Å²) in [6.07, 6.45) is 0.304. The van der Waals surface area contributed by atoms with Gasteiger partial charge in [0.2, 0.25) is 0 Å². The first-order chi connectivity index (χ1) is 8.61. The monoisotopic (exact) mass is 248 g/mol. The van der Waals surface area contributed by atoms with Crippen LogP contribution in [0.2, 0.25) is 0 Å². The van der Waals surface area contributed by atoms with E-state index in [0.717, 1.165) is 19.7 Å². The highest BCUT2D eigenvalue weighted by molar-refractivity contribution is 5.33. The second-order valence-electron chi connectivity index (χ2n) is 5.29. The molecule has 18 heavy (non-hydrogen) atoms. The number of hydrogen-bond acceptors (Lipinski definition) is 3. The summed E-state index contributed by atoms with van der Waals surface area (Å²) in [4.78, 5) is 2.45. The van der Waals surface area contributed by atoms with Crippen molar-refractivity contribution in [2.45, 2.75) is 32.9 Å². The Balaban J connectivity index is 2.21. The van der Waals surface area contributed by atoms with Crippen LogP contribution >= 0.6 is 0 Å². The molecule has 0 aliphatic carbocycles. The van der Waals surface area contributed by atoms with Gasteiger partial charge in [0.25, 0.3) is 0 Å². The molecule has 1 heterocycles. The normalized spacial score (nSPS) is 23.0. The maximum absolute atomic E-state index is 6.01. The fourth-order valence-corrected chi connectivity index (χ4v) is 2.80. The first-order valence-electron chi connectivity index (χ1n) is 6.74. The Morgan fingerprint density at radius 2 is 2.22 bits per heavy atom. The molecule has 0 bridgehead atoms. The molecule has 1 aromatic rings. The molecule has 1 aliphatic heterocycles. The first-order valence-corrected chi connectivity index (χ1v) is 6.74. The lowest BCUT2D eigenvalue weighted by Gasteiger charge is -2.37. The van der Waals surface area contributed by atoms with Crippen molar-refractivity contribution < 1.29 is 4.74 Å². The quantitative estimate of drug-likeness (QED) is 0.889. The van der Waals surface area contributed by atoms with Crippen molar-refractivity contribution >= 4 is 0 Å². The van der Waals surface area contributed by atoms with Crippen LogP contribution in [-0.2, 0) is 4.74 Å². The molecule has 1 aliphatic rings. The van der Waals surface area contributed by atoms with Gasteiger partial charge in [-0.3, -0.25) is 4.90 Å². The zero-order valence-corrected chi connectivity index (χ0v) is 11.6. The molecule has 0 amide bonds. The van der Waals surface area contributed by atoms with Gasteiger partial charge in [-0.1, -0.05) is 23.8 Å². The summed E-state index contributed by atoms with van der Waals surface area (Å²) in [5, 5.41) is 0. The minimum absolute atomic E-state index is 0.304. The van der Waals surface area contributed by atoms with Crippen molar-refractivity contribution in [1.82, 2.24) is 4.90 Å². The Morgan fingerprint density at radius 3 is 2.83 bits per heavy atom. The molecule has 2 rings (SSSR count). The molecule has 0 aromatic heterocycles. The fourth-order valence-electron chi connectivity index (χ4n) is 2.80. The molecule has 0 radical (unpaired) electrons. The number of aryl methyl sites for hydroxylation is 2. The maximum atomic E-state index is 6.01. The number of nitrogens with two attached hydrogens (primary N) is 1. The summed E-state index contributed by atoms with van der Waals surface area (Å²) >= 11 is 0. The van der Waals surface area contributed by atoms with Crippen molar-refractivity contribution in [3.8, 4) is 0 Å². The first kappa shape index (κ1) is 13.5. The van der Waals surface area contributed by atoms with Crippen LogP contribution in [0.1, 0.15) is 29.7 Å². The zero-order valence-electron chi connectivity index (χ0n) is 11.6.